The van der Waals surface area contributed by atoms with Crippen LogP contribution < -0.4 is 10.6 Å². The smallest absolute Gasteiger partial charge is 0.0724 e. The third-order valence-electron chi connectivity index (χ3n) is 2.77. The molecule has 4 heteroatoms. The van der Waals surface area contributed by atoms with E-state index in [1.54, 1.807) is 6.20 Å². The third kappa shape index (κ3) is 2.13. The van der Waals surface area contributed by atoms with Crippen LogP contribution in [0.4, 0.5) is 11.4 Å². The minimum absolute atomic E-state index is 0.487. The molecule has 0 fully saturated rings. The molecule has 17 heavy (non-hydrogen) atoms. The van der Waals surface area contributed by atoms with Gasteiger partial charge in [0.05, 0.1) is 29.4 Å². The second-order valence-corrected chi connectivity index (χ2v) is 3.90. The predicted molar refractivity (Wildman–Crippen MR) is 69.7 cm³/mol. The van der Waals surface area contributed by atoms with E-state index >= 15 is 0 Å². The molecule has 0 amide bonds. The van der Waals surface area contributed by atoms with Crippen LogP contribution in [0.25, 0.3) is 10.9 Å². The molecule has 2 rings (SSSR count). The number of nitrogen functional groups attached to an aromatic ring is 1. The largest absolute Gasteiger partial charge is 0.396 e. The number of anilines is 2. The molecule has 0 unspecified atom stereocenters. The molecule has 2 aromatic rings. The molecule has 0 spiro atoms. The van der Waals surface area contributed by atoms with Crippen molar-refractivity contribution in [3.8, 4) is 6.07 Å². The Morgan fingerprint density at radius 2 is 2.24 bits per heavy atom. The number of fused-ring (bicyclic) bond motifs is 1. The van der Waals surface area contributed by atoms with Crippen molar-refractivity contribution in [1.29, 1.82) is 5.26 Å². The summed E-state index contributed by atoms with van der Waals surface area (Å²) >= 11 is 0. The predicted octanol–water partition coefficient (Wildman–Crippen LogP) is 2.17. The number of hydrogen-bond donors (Lipinski definition) is 1. The van der Waals surface area contributed by atoms with Gasteiger partial charge < -0.3 is 10.6 Å². The Morgan fingerprint density at radius 1 is 1.41 bits per heavy atom. The molecule has 0 aliphatic heterocycles. The number of nitriles is 1. The van der Waals surface area contributed by atoms with Crippen molar-refractivity contribution in [2.75, 3.05) is 24.2 Å². The van der Waals surface area contributed by atoms with E-state index in [-0.39, 0.29) is 0 Å². The van der Waals surface area contributed by atoms with E-state index < -0.39 is 0 Å². The first kappa shape index (κ1) is 11.2. The average Bonchev–Trinajstić information content (AvgIpc) is 2.37. The minimum atomic E-state index is 0.487. The molecule has 0 aliphatic carbocycles. The van der Waals surface area contributed by atoms with Gasteiger partial charge in [-0.1, -0.05) is 0 Å². The van der Waals surface area contributed by atoms with Crippen LogP contribution in [0.5, 0.6) is 0 Å². The number of nitrogens with two attached hydrogens (primary N) is 1. The maximum absolute atomic E-state index is 8.59. The lowest BCUT2D eigenvalue weighted by Gasteiger charge is -2.20. The standard InChI is InChI=1S/C13H14N4/c1-17(9-3-7-14)12-6-5-11-10(13(12)15)4-2-8-16-11/h2,4-6,8H,3,9,15H2,1H3. The Hall–Kier alpha value is -2.28. The molecule has 1 heterocycles. The second-order valence-electron chi connectivity index (χ2n) is 3.90. The maximum Gasteiger partial charge on any atom is 0.0724 e. The van der Waals surface area contributed by atoms with Crippen LogP contribution in [0.1, 0.15) is 6.42 Å². The summed E-state index contributed by atoms with van der Waals surface area (Å²) in [5.74, 6) is 0. The van der Waals surface area contributed by atoms with Crippen LogP contribution in [0.3, 0.4) is 0 Å². The van der Waals surface area contributed by atoms with E-state index in [4.69, 9.17) is 11.0 Å². The Labute approximate surface area is 100 Å². The van der Waals surface area contributed by atoms with Crippen molar-refractivity contribution in [2.45, 2.75) is 6.42 Å². The van der Waals surface area contributed by atoms with Gasteiger partial charge in [0.2, 0.25) is 0 Å². The van der Waals surface area contributed by atoms with E-state index in [1.165, 1.54) is 0 Å². The van der Waals surface area contributed by atoms with Gasteiger partial charge in [0, 0.05) is 25.2 Å². The highest BCUT2D eigenvalue weighted by Gasteiger charge is 2.08. The van der Waals surface area contributed by atoms with Gasteiger partial charge in [0.15, 0.2) is 0 Å². The third-order valence-corrected chi connectivity index (χ3v) is 2.77. The van der Waals surface area contributed by atoms with Crippen molar-refractivity contribution in [2.24, 2.45) is 0 Å². The minimum Gasteiger partial charge on any atom is -0.396 e. The molecule has 0 atom stereocenters. The molecule has 1 aromatic carbocycles. The average molecular weight is 226 g/mol. The van der Waals surface area contributed by atoms with Crippen molar-refractivity contribution >= 4 is 22.3 Å². The van der Waals surface area contributed by atoms with Gasteiger partial charge in [0.1, 0.15) is 0 Å². The molecule has 2 N–H and O–H groups in total. The fraction of sp³-hybridized carbons (Fsp3) is 0.231. The van der Waals surface area contributed by atoms with Crippen molar-refractivity contribution in [3.05, 3.63) is 30.5 Å². The zero-order valence-corrected chi connectivity index (χ0v) is 9.72. The highest BCUT2D eigenvalue weighted by molar-refractivity contribution is 5.97. The van der Waals surface area contributed by atoms with E-state index in [0.29, 0.717) is 13.0 Å². The second kappa shape index (κ2) is 4.71. The van der Waals surface area contributed by atoms with Gasteiger partial charge in [-0.15, -0.1) is 0 Å². The van der Waals surface area contributed by atoms with Crippen molar-refractivity contribution in [3.63, 3.8) is 0 Å². The highest BCUT2D eigenvalue weighted by atomic mass is 15.1. The topological polar surface area (TPSA) is 65.9 Å². The lowest BCUT2D eigenvalue weighted by atomic mass is 10.1. The summed E-state index contributed by atoms with van der Waals surface area (Å²) in [6, 6.07) is 9.86. The number of rotatable bonds is 3. The number of benzene rings is 1. The van der Waals surface area contributed by atoms with Crippen molar-refractivity contribution in [1.82, 2.24) is 4.98 Å². The monoisotopic (exact) mass is 226 g/mol. The lowest BCUT2D eigenvalue weighted by molar-refractivity contribution is 0.907. The summed E-state index contributed by atoms with van der Waals surface area (Å²) in [6.45, 7) is 0.673. The van der Waals surface area contributed by atoms with Gasteiger partial charge in [-0.2, -0.15) is 5.26 Å². The number of aromatic nitrogens is 1. The zero-order chi connectivity index (χ0) is 12.3. The highest BCUT2D eigenvalue weighted by Crippen LogP contribution is 2.29. The number of hydrogen-bond acceptors (Lipinski definition) is 4. The van der Waals surface area contributed by atoms with Crippen LogP contribution >= 0.6 is 0 Å². The molecule has 0 radical (unpaired) electrons. The van der Waals surface area contributed by atoms with Gasteiger partial charge in [-0.05, 0) is 24.3 Å². The fourth-order valence-corrected chi connectivity index (χ4v) is 1.83. The first-order valence-electron chi connectivity index (χ1n) is 5.45. The number of pyridine rings is 1. The summed E-state index contributed by atoms with van der Waals surface area (Å²) in [4.78, 5) is 6.24. The van der Waals surface area contributed by atoms with Gasteiger partial charge >= 0.3 is 0 Å². The van der Waals surface area contributed by atoms with Crippen LogP contribution in [0.15, 0.2) is 30.5 Å². The normalized spacial score (nSPS) is 10.1. The van der Waals surface area contributed by atoms with Crippen LogP contribution in [0, 0.1) is 11.3 Å². The molecule has 0 aliphatic rings. The Morgan fingerprint density at radius 3 is 3.00 bits per heavy atom. The first-order chi connectivity index (χ1) is 8.24. The molecule has 4 nitrogen and oxygen atoms in total. The SMILES string of the molecule is CN(CCC#N)c1ccc2ncccc2c1N. The lowest BCUT2D eigenvalue weighted by Crippen LogP contribution is -2.19. The van der Waals surface area contributed by atoms with E-state index in [2.05, 4.69) is 11.1 Å². The summed E-state index contributed by atoms with van der Waals surface area (Å²) in [6.07, 6.45) is 2.24. The van der Waals surface area contributed by atoms with Crippen LogP contribution in [0.2, 0.25) is 0 Å². The van der Waals surface area contributed by atoms with Crippen molar-refractivity contribution < 1.29 is 0 Å². The molecular weight excluding hydrogens is 212 g/mol. The molecular formula is C13H14N4. The van der Waals surface area contributed by atoms with E-state index in [0.717, 1.165) is 22.3 Å². The maximum atomic E-state index is 8.59. The molecule has 0 saturated carbocycles. The Kier molecular flexibility index (Phi) is 3.10. The molecule has 0 bridgehead atoms. The van der Waals surface area contributed by atoms with E-state index in [9.17, 15) is 0 Å². The van der Waals surface area contributed by atoms with Gasteiger partial charge in [-0.25, -0.2) is 0 Å². The van der Waals surface area contributed by atoms with E-state index in [1.807, 2.05) is 36.2 Å². The molecule has 1 aromatic heterocycles. The van der Waals surface area contributed by atoms with Crippen LogP contribution in [-0.2, 0) is 0 Å². The fourth-order valence-electron chi connectivity index (χ4n) is 1.83. The van der Waals surface area contributed by atoms with Crippen LogP contribution in [-0.4, -0.2) is 18.6 Å². The Bertz CT molecular complexity index is 571. The van der Waals surface area contributed by atoms with Gasteiger partial charge in [-0.3, -0.25) is 4.98 Å². The summed E-state index contributed by atoms with van der Waals surface area (Å²) in [5.41, 5.74) is 8.68. The zero-order valence-electron chi connectivity index (χ0n) is 9.72. The quantitative estimate of drug-likeness (QED) is 0.814. The summed E-state index contributed by atoms with van der Waals surface area (Å²) in [5, 5.41) is 9.54. The Balaban J connectivity index is 2.42. The number of nitrogens with zero attached hydrogens (tertiary/aromatic N) is 3. The summed E-state index contributed by atoms with van der Waals surface area (Å²) < 4.78 is 0. The first-order valence-corrected chi connectivity index (χ1v) is 5.45. The molecule has 86 valence electrons. The molecule has 0 saturated heterocycles. The van der Waals surface area contributed by atoms with Gasteiger partial charge in [0.25, 0.3) is 0 Å². The summed E-state index contributed by atoms with van der Waals surface area (Å²) in [7, 11) is 1.94.